The summed E-state index contributed by atoms with van der Waals surface area (Å²) >= 11 is 0. The third-order valence-electron chi connectivity index (χ3n) is 7.48. The van der Waals surface area contributed by atoms with Crippen LogP contribution in [0.5, 0.6) is 0 Å². The maximum absolute atomic E-state index is 13.9. The van der Waals surface area contributed by atoms with E-state index in [-0.39, 0.29) is 17.9 Å². The second-order valence-electron chi connectivity index (χ2n) is 9.99. The summed E-state index contributed by atoms with van der Waals surface area (Å²) in [4.78, 5) is 29.5. The van der Waals surface area contributed by atoms with Gasteiger partial charge in [-0.05, 0) is 44.4 Å². The highest BCUT2D eigenvalue weighted by molar-refractivity contribution is 6.03. The molecule has 1 aliphatic carbocycles. The summed E-state index contributed by atoms with van der Waals surface area (Å²) in [5.74, 6) is -0.130. The molecule has 2 aromatic carbocycles. The van der Waals surface area contributed by atoms with E-state index in [0.29, 0.717) is 18.8 Å². The van der Waals surface area contributed by atoms with Crippen LogP contribution in [0.4, 0.5) is 0 Å². The van der Waals surface area contributed by atoms with Crippen LogP contribution in [0, 0.1) is 6.92 Å². The molecule has 1 fully saturated rings. The van der Waals surface area contributed by atoms with E-state index in [9.17, 15) is 9.59 Å². The average molecular weight is 444 g/mol. The van der Waals surface area contributed by atoms with Crippen LogP contribution in [0.3, 0.4) is 0 Å². The van der Waals surface area contributed by atoms with Crippen molar-refractivity contribution in [2.75, 3.05) is 0 Å². The fourth-order valence-electron chi connectivity index (χ4n) is 5.39. The molecule has 1 aromatic heterocycles. The Balaban J connectivity index is 1.53. The lowest BCUT2D eigenvalue weighted by Gasteiger charge is -2.44. The van der Waals surface area contributed by atoms with Gasteiger partial charge < -0.3 is 14.8 Å². The molecular formula is C28H33N3O2. The number of hydrogen-bond acceptors (Lipinski definition) is 2. The van der Waals surface area contributed by atoms with Gasteiger partial charge >= 0.3 is 0 Å². The van der Waals surface area contributed by atoms with Crippen LogP contribution < -0.4 is 5.32 Å². The van der Waals surface area contributed by atoms with Gasteiger partial charge in [0.2, 0.25) is 5.91 Å². The van der Waals surface area contributed by atoms with Gasteiger partial charge in [0.05, 0.1) is 6.54 Å². The molecule has 2 aliphatic rings. The van der Waals surface area contributed by atoms with Crippen molar-refractivity contribution in [1.29, 1.82) is 0 Å². The standard InChI is InChI=1S/C28H33N3O2/c1-20-13-15-21(16-14-20)18-31-26(32)25-17-22-9-7-8-12-24(22)30(25)19-28(31,2)27(33)29-23-10-5-3-4-6-11-23/h7-9,12-17,23H,3-6,10-11,18-19H2,1-2H3,(H,29,33). The molecule has 1 aliphatic heterocycles. The van der Waals surface area contributed by atoms with Crippen molar-refractivity contribution in [2.45, 2.75) is 77.0 Å². The van der Waals surface area contributed by atoms with E-state index in [1.165, 1.54) is 18.4 Å². The summed E-state index contributed by atoms with van der Waals surface area (Å²) in [7, 11) is 0. The Morgan fingerprint density at radius 1 is 1.03 bits per heavy atom. The number of rotatable bonds is 4. The molecule has 5 nitrogen and oxygen atoms in total. The normalized spacial score (nSPS) is 21.6. The van der Waals surface area contributed by atoms with Gasteiger partial charge in [-0.2, -0.15) is 0 Å². The van der Waals surface area contributed by atoms with Gasteiger partial charge in [-0.25, -0.2) is 0 Å². The van der Waals surface area contributed by atoms with Crippen LogP contribution >= 0.6 is 0 Å². The first kappa shape index (κ1) is 21.7. The number of hydrogen-bond donors (Lipinski definition) is 1. The Morgan fingerprint density at radius 2 is 1.73 bits per heavy atom. The first-order chi connectivity index (χ1) is 16.0. The van der Waals surface area contributed by atoms with E-state index < -0.39 is 5.54 Å². The Morgan fingerprint density at radius 3 is 2.45 bits per heavy atom. The molecule has 0 bridgehead atoms. The number of aryl methyl sites for hydroxylation is 1. The van der Waals surface area contributed by atoms with E-state index in [1.54, 1.807) is 4.90 Å². The third kappa shape index (κ3) is 4.05. The Bertz CT molecular complexity index is 1170. The highest BCUT2D eigenvalue weighted by Crippen LogP contribution is 2.34. The predicted octanol–water partition coefficient (Wildman–Crippen LogP) is 5.20. The summed E-state index contributed by atoms with van der Waals surface area (Å²) in [6.45, 7) is 4.85. The molecule has 1 N–H and O–H groups in total. The number of nitrogens with zero attached hydrogens (tertiary/aromatic N) is 2. The Labute approximate surface area is 195 Å². The highest BCUT2D eigenvalue weighted by atomic mass is 16.2. The average Bonchev–Trinajstić information content (AvgIpc) is 2.98. The molecule has 1 atom stereocenters. The Hall–Kier alpha value is -3.08. The smallest absolute Gasteiger partial charge is 0.271 e. The number of fused-ring (bicyclic) bond motifs is 3. The Kier molecular flexibility index (Phi) is 5.73. The van der Waals surface area contributed by atoms with Gasteiger partial charge in [0, 0.05) is 23.5 Å². The SMILES string of the molecule is Cc1ccc(CN2C(=O)c3cc4ccccc4n3CC2(C)C(=O)NC2CCCCCC2)cc1. The molecule has 0 radical (unpaired) electrons. The van der Waals surface area contributed by atoms with Crippen molar-refractivity contribution in [1.82, 2.24) is 14.8 Å². The number of nitrogens with one attached hydrogen (secondary N) is 1. The fourth-order valence-corrected chi connectivity index (χ4v) is 5.39. The number of carbonyl (C=O) groups is 2. The van der Waals surface area contributed by atoms with Crippen molar-refractivity contribution in [3.8, 4) is 0 Å². The monoisotopic (exact) mass is 443 g/mol. The van der Waals surface area contributed by atoms with Crippen molar-refractivity contribution < 1.29 is 9.59 Å². The van der Waals surface area contributed by atoms with Gasteiger partial charge in [0.1, 0.15) is 11.2 Å². The lowest BCUT2D eigenvalue weighted by atomic mass is 9.93. The zero-order valence-electron chi connectivity index (χ0n) is 19.6. The number of amides is 2. The molecule has 5 heteroatoms. The first-order valence-corrected chi connectivity index (χ1v) is 12.2. The third-order valence-corrected chi connectivity index (χ3v) is 7.48. The van der Waals surface area contributed by atoms with Crippen LogP contribution in [0.15, 0.2) is 54.6 Å². The maximum atomic E-state index is 13.9. The van der Waals surface area contributed by atoms with Gasteiger partial charge in [-0.3, -0.25) is 9.59 Å². The summed E-state index contributed by atoms with van der Waals surface area (Å²) in [6.07, 6.45) is 6.82. The van der Waals surface area contributed by atoms with Crippen LogP contribution in [-0.4, -0.2) is 32.9 Å². The number of aromatic nitrogens is 1. The second-order valence-corrected chi connectivity index (χ2v) is 9.99. The predicted molar refractivity (Wildman–Crippen MR) is 131 cm³/mol. The molecule has 2 heterocycles. The molecule has 5 rings (SSSR count). The van der Waals surface area contributed by atoms with Gasteiger partial charge in [-0.15, -0.1) is 0 Å². The van der Waals surface area contributed by atoms with Gasteiger partial charge in [-0.1, -0.05) is 73.7 Å². The molecular weight excluding hydrogens is 410 g/mol. The first-order valence-electron chi connectivity index (χ1n) is 12.2. The molecule has 2 amide bonds. The summed E-state index contributed by atoms with van der Waals surface area (Å²) < 4.78 is 2.04. The summed E-state index contributed by atoms with van der Waals surface area (Å²) in [5, 5.41) is 4.37. The number of benzene rings is 2. The minimum Gasteiger partial charge on any atom is -0.351 e. The quantitative estimate of drug-likeness (QED) is 0.563. The fraction of sp³-hybridized carbons (Fsp3) is 0.429. The van der Waals surface area contributed by atoms with E-state index in [2.05, 4.69) is 36.5 Å². The van der Waals surface area contributed by atoms with Gasteiger partial charge in [0.25, 0.3) is 5.91 Å². The minimum absolute atomic E-state index is 0.0432. The van der Waals surface area contributed by atoms with Crippen LogP contribution in [0.2, 0.25) is 0 Å². The minimum atomic E-state index is -0.969. The maximum Gasteiger partial charge on any atom is 0.271 e. The zero-order chi connectivity index (χ0) is 23.0. The van der Waals surface area contributed by atoms with Crippen molar-refractivity contribution >= 4 is 22.7 Å². The largest absolute Gasteiger partial charge is 0.351 e. The van der Waals surface area contributed by atoms with Crippen LogP contribution in [-0.2, 0) is 17.9 Å². The summed E-state index contributed by atoms with van der Waals surface area (Å²) in [6, 6.07) is 18.4. The van der Waals surface area contributed by atoms with Crippen molar-refractivity contribution in [3.05, 3.63) is 71.4 Å². The second kappa shape index (κ2) is 8.69. The topological polar surface area (TPSA) is 54.3 Å². The van der Waals surface area contributed by atoms with E-state index in [4.69, 9.17) is 0 Å². The lowest BCUT2D eigenvalue weighted by molar-refractivity contribution is -0.134. The molecule has 33 heavy (non-hydrogen) atoms. The van der Waals surface area contributed by atoms with Crippen LogP contribution in [0.1, 0.15) is 67.1 Å². The van der Waals surface area contributed by atoms with E-state index in [1.807, 2.05) is 41.8 Å². The summed E-state index contributed by atoms with van der Waals surface area (Å²) in [5.41, 5.74) is 2.90. The number of carbonyl (C=O) groups excluding carboxylic acids is 2. The molecule has 1 saturated carbocycles. The van der Waals surface area contributed by atoms with E-state index in [0.717, 1.165) is 42.1 Å². The molecule has 3 aromatic rings. The van der Waals surface area contributed by atoms with Crippen molar-refractivity contribution in [2.24, 2.45) is 0 Å². The molecule has 0 saturated heterocycles. The van der Waals surface area contributed by atoms with Crippen LogP contribution in [0.25, 0.3) is 10.9 Å². The highest BCUT2D eigenvalue weighted by Gasteiger charge is 2.48. The lowest BCUT2D eigenvalue weighted by Crippen LogP contribution is -2.64. The molecule has 1 unspecified atom stereocenters. The van der Waals surface area contributed by atoms with Crippen molar-refractivity contribution in [3.63, 3.8) is 0 Å². The van der Waals surface area contributed by atoms with Gasteiger partial charge in [0.15, 0.2) is 0 Å². The molecule has 172 valence electrons. The zero-order valence-corrected chi connectivity index (χ0v) is 19.6. The number of para-hydroxylation sites is 1. The van der Waals surface area contributed by atoms with E-state index >= 15 is 0 Å². The molecule has 0 spiro atoms.